The Labute approximate surface area is 185 Å². The van der Waals surface area contributed by atoms with Crippen LogP contribution in [0.3, 0.4) is 0 Å². The highest BCUT2D eigenvalue weighted by atomic mass is 16.6. The highest BCUT2D eigenvalue weighted by molar-refractivity contribution is 6.15. The second-order valence-electron chi connectivity index (χ2n) is 7.27. The largest absolute Gasteiger partial charge is 0.372 e. The van der Waals surface area contributed by atoms with Crippen LogP contribution in [0, 0.1) is 10.1 Å². The van der Waals surface area contributed by atoms with E-state index in [4.69, 9.17) is 0 Å². The highest BCUT2D eigenvalue weighted by Gasteiger charge is 2.22. The molecule has 0 atom stereocenters. The lowest BCUT2D eigenvalue weighted by atomic mass is 9.97. The van der Waals surface area contributed by atoms with E-state index < -0.39 is 16.6 Å². The fourth-order valence-electron chi connectivity index (χ4n) is 3.34. The van der Waals surface area contributed by atoms with Gasteiger partial charge in [-0.2, -0.15) is 0 Å². The molecule has 1 heterocycles. The summed E-state index contributed by atoms with van der Waals surface area (Å²) in [5.74, 6) is -0.115. The fourth-order valence-corrected chi connectivity index (χ4v) is 3.34. The first-order valence-electron chi connectivity index (χ1n) is 10.1. The molecule has 1 aromatic heterocycles. The van der Waals surface area contributed by atoms with E-state index in [0.29, 0.717) is 18.7 Å². The van der Waals surface area contributed by atoms with Crippen LogP contribution in [0.4, 0.5) is 11.4 Å². The van der Waals surface area contributed by atoms with Gasteiger partial charge in [-0.25, -0.2) is 0 Å². The summed E-state index contributed by atoms with van der Waals surface area (Å²) in [6.45, 7) is 3.03. The van der Waals surface area contributed by atoms with E-state index in [1.165, 1.54) is 24.3 Å². The minimum Gasteiger partial charge on any atom is -0.372 e. The number of rotatable bonds is 9. The summed E-state index contributed by atoms with van der Waals surface area (Å²) in [6.07, 6.45) is 2.12. The van der Waals surface area contributed by atoms with Crippen molar-refractivity contribution in [3.63, 3.8) is 0 Å². The van der Waals surface area contributed by atoms with E-state index in [0.717, 1.165) is 12.4 Å². The summed E-state index contributed by atoms with van der Waals surface area (Å²) in [5.41, 5.74) is 0.723. The molecule has 1 amide bonds. The number of hydrogen-bond acceptors (Lipinski definition) is 7. The average molecular weight is 436 g/mol. The number of ketones is 1. The SMILES string of the molecule is CCn1cnnc1CCNC(=O)c1ccccc1C(=O)c1ccc(N(C)C)c([N+](=O)[O-])c1. The van der Waals surface area contributed by atoms with E-state index >= 15 is 0 Å². The van der Waals surface area contributed by atoms with E-state index in [-0.39, 0.29) is 22.4 Å². The van der Waals surface area contributed by atoms with Gasteiger partial charge in [-0.05, 0) is 25.1 Å². The lowest BCUT2D eigenvalue weighted by Crippen LogP contribution is -2.28. The van der Waals surface area contributed by atoms with Gasteiger partial charge in [0, 0.05) is 50.8 Å². The third kappa shape index (κ3) is 4.80. The maximum atomic E-state index is 13.1. The lowest BCUT2D eigenvalue weighted by molar-refractivity contribution is -0.384. The standard InChI is InChI=1S/C22H24N6O4/c1-4-27-14-24-25-20(27)11-12-23-22(30)17-8-6-5-7-16(17)21(29)15-9-10-18(26(2)3)19(13-15)28(31)32/h5-10,13-14H,4,11-12H2,1-3H3,(H,23,30). The van der Waals surface area contributed by atoms with E-state index in [1.807, 2.05) is 11.5 Å². The molecule has 0 bridgehead atoms. The van der Waals surface area contributed by atoms with Crippen LogP contribution in [0.1, 0.15) is 39.0 Å². The number of anilines is 1. The molecule has 10 nitrogen and oxygen atoms in total. The Morgan fingerprint density at radius 2 is 1.88 bits per heavy atom. The van der Waals surface area contributed by atoms with Crippen LogP contribution in [0.5, 0.6) is 0 Å². The molecule has 2 aromatic carbocycles. The summed E-state index contributed by atoms with van der Waals surface area (Å²) in [7, 11) is 3.37. The summed E-state index contributed by atoms with van der Waals surface area (Å²) in [5, 5.41) is 22.2. The van der Waals surface area contributed by atoms with Crippen molar-refractivity contribution in [3.8, 4) is 0 Å². The molecule has 0 unspecified atom stereocenters. The number of nitrogens with zero attached hydrogens (tertiary/aromatic N) is 5. The molecule has 0 fully saturated rings. The summed E-state index contributed by atoms with van der Waals surface area (Å²) in [6, 6.07) is 10.7. The number of nitrogens with one attached hydrogen (secondary N) is 1. The van der Waals surface area contributed by atoms with Crippen molar-refractivity contribution in [1.82, 2.24) is 20.1 Å². The van der Waals surface area contributed by atoms with Gasteiger partial charge < -0.3 is 14.8 Å². The number of hydrogen-bond donors (Lipinski definition) is 1. The Morgan fingerprint density at radius 3 is 2.53 bits per heavy atom. The molecule has 1 N–H and O–H groups in total. The van der Waals surface area contributed by atoms with E-state index in [1.54, 1.807) is 43.5 Å². The highest BCUT2D eigenvalue weighted by Crippen LogP contribution is 2.29. The molecule has 3 aromatic rings. The van der Waals surface area contributed by atoms with Crippen LogP contribution >= 0.6 is 0 Å². The first-order chi connectivity index (χ1) is 15.3. The van der Waals surface area contributed by atoms with Crippen molar-refractivity contribution in [2.45, 2.75) is 19.9 Å². The topological polar surface area (TPSA) is 123 Å². The summed E-state index contributed by atoms with van der Waals surface area (Å²) in [4.78, 5) is 38.5. The van der Waals surface area contributed by atoms with Gasteiger partial charge in [0.1, 0.15) is 17.8 Å². The smallest absolute Gasteiger partial charge is 0.293 e. The Hall–Kier alpha value is -4.08. The van der Waals surface area contributed by atoms with Gasteiger partial charge in [0.25, 0.3) is 11.6 Å². The molecule has 0 saturated carbocycles. The predicted octanol–water partition coefficient (Wildman–Crippen LogP) is 2.48. The molecule has 0 saturated heterocycles. The van der Waals surface area contributed by atoms with E-state index in [9.17, 15) is 19.7 Å². The Balaban J connectivity index is 1.81. The monoisotopic (exact) mass is 436 g/mol. The van der Waals surface area contributed by atoms with Gasteiger partial charge in [-0.15, -0.1) is 10.2 Å². The molecule has 0 aliphatic carbocycles. The van der Waals surface area contributed by atoms with Crippen molar-refractivity contribution in [2.24, 2.45) is 0 Å². The van der Waals surface area contributed by atoms with Gasteiger partial charge in [0.05, 0.1) is 10.5 Å². The van der Waals surface area contributed by atoms with Crippen LogP contribution in [0.15, 0.2) is 48.8 Å². The summed E-state index contributed by atoms with van der Waals surface area (Å²) < 4.78 is 1.88. The number of carbonyl (C=O) groups is 2. The number of amides is 1. The number of aromatic nitrogens is 3. The molecule has 10 heteroatoms. The zero-order chi connectivity index (χ0) is 23.3. The zero-order valence-corrected chi connectivity index (χ0v) is 18.1. The molecule has 0 aliphatic heterocycles. The zero-order valence-electron chi connectivity index (χ0n) is 18.1. The maximum absolute atomic E-state index is 13.1. The predicted molar refractivity (Wildman–Crippen MR) is 119 cm³/mol. The van der Waals surface area contributed by atoms with Crippen molar-refractivity contribution in [1.29, 1.82) is 0 Å². The molecule has 166 valence electrons. The van der Waals surface area contributed by atoms with Crippen molar-refractivity contribution in [2.75, 3.05) is 25.5 Å². The number of carbonyl (C=O) groups excluding carboxylic acids is 2. The van der Waals surface area contributed by atoms with Gasteiger partial charge in [-0.1, -0.05) is 18.2 Å². The molecule has 3 rings (SSSR count). The minimum absolute atomic E-state index is 0.138. The third-order valence-corrected chi connectivity index (χ3v) is 5.00. The van der Waals surface area contributed by atoms with Gasteiger partial charge in [0.15, 0.2) is 5.78 Å². The minimum atomic E-state index is -0.528. The van der Waals surface area contributed by atoms with Crippen LogP contribution in [0.25, 0.3) is 0 Å². The molecular formula is C22H24N6O4. The second-order valence-corrected chi connectivity index (χ2v) is 7.27. The average Bonchev–Trinajstić information content (AvgIpc) is 3.25. The Morgan fingerprint density at radius 1 is 1.16 bits per heavy atom. The fraction of sp³-hybridized carbons (Fsp3) is 0.273. The molecule has 32 heavy (non-hydrogen) atoms. The van der Waals surface area contributed by atoms with Gasteiger partial charge in [0.2, 0.25) is 0 Å². The Kier molecular flexibility index (Phi) is 6.93. The molecular weight excluding hydrogens is 412 g/mol. The van der Waals surface area contributed by atoms with Crippen LogP contribution in [-0.2, 0) is 13.0 Å². The number of nitro groups is 1. The van der Waals surface area contributed by atoms with Crippen LogP contribution in [-0.4, -0.2) is 52.0 Å². The van der Waals surface area contributed by atoms with E-state index in [2.05, 4.69) is 15.5 Å². The third-order valence-electron chi connectivity index (χ3n) is 5.00. The molecule has 0 radical (unpaired) electrons. The Bertz CT molecular complexity index is 1150. The molecule has 0 aliphatic rings. The number of benzene rings is 2. The lowest BCUT2D eigenvalue weighted by Gasteiger charge is -2.14. The van der Waals surface area contributed by atoms with Gasteiger partial charge >= 0.3 is 0 Å². The first-order valence-corrected chi connectivity index (χ1v) is 10.1. The van der Waals surface area contributed by atoms with Gasteiger partial charge in [-0.3, -0.25) is 19.7 Å². The molecule has 0 spiro atoms. The second kappa shape index (κ2) is 9.82. The van der Waals surface area contributed by atoms with Crippen LogP contribution < -0.4 is 10.2 Å². The van der Waals surface area contributed by atoms with Crippen LogP contribution in [0.2, 0.25) is 0 Å². The number of aryl methyl sites for hydroxylation is 1. The first kappa shape index (κ1) is 22.6. The number of nitro benzene ring substituents is 1. The summed E-state index contributed by atoms with van der Waals surface area (Å²) >= 11 is 0. The normalized spacial score (nSPS) is 10.6. The van der Waals surface area contributed by atoms with Crippen molar-refractivity contribution >= 4 is 23.1 Å². The maximum Gasteiger partial charge on any atom is 0.293 e. The quantitative estimate of drug-likeness (QED) is 0.310. The van der Waals surface area contributed by atoms with Crippen molar-refractivity contribution < 1.29 is 14.5 Å². The van der Waals surface area contributed by atoms with Crippen molar-refractivity contribution in [3.05, 3.63) is 81.4 Å².